The van der Waals surface area contributed by atoms with Crippen LogP contribution in [0.4, 0.5) is 4.79 Å². The van der Waals surface area contributed by atoms with Crippen molar-refractivity contribution in [3.8, 4) is 0 Å². The topological polar surface area (TPSA) is 108 Å². The van der Waals surface area contributed by atoms with Crippen LogP contribution in [0.5, 0.6) is 0 Å². The molecule has 0 aliphatic heterocycles. The van der Waals surface area contributed by atoms with Gasteiger partial charge in [0.15, 0.2) is 0 Å². The highest BCUT2D eigenvalue weighted by atomic mass is 32.1. The quantitative estimate of drug-likeness (QED) is 0.418. The van der Waals surface area contributed by atoms with Crippen molar-refractivity contribution < 1.29 is 24.2 Å². The number of aryl methyl sites for hydroxylation is 2. The maximum absolute atomic E-state index is 13.4. The largest absolute Gasteiger partial charge is 0.444 e. The molecule has 1 aromatic carbocycles. The summed E-state index contributed by atoms with van der Waals surface area (Å²) in [7, 11) is 0. The standard InChI is InChI=1S/C23H37N3O5S/c1-14(2)24-20(28)19(17-9-8-15(3)16(4)12-17)26(10-11-27)21(29)18(13-32)25-22(30)31-23(5,6)7/h8-9,12,14,18-19,27,32H,10-11,13H2,1-7H3,(H,24,28)(H,25,30). The van der Waals surface area contributed by atoms with E-state index in [9.17, 15) is 19.5 Å². The molecule has 0 saturated carbocycles. The van der Waals surface area contributed by atoms with Gasteiger partial charge in [0.25, 0.3) is 0 Å². The Balaban J connectivity index is 3.35. The van der Waals surface area contributed by atoms with Gasteiger partial charge in [0.1, 0.15) is 17.7 Å². The van der Waals surface area contributed by atoms with Gasteiger partial charge in [-0.2, -0.15) is 12.6 Å². The number of rotatable bonds is 9. The van der Waals surface area contributed by atoms with E-state index < -0.39 is 29.7 Å². The van der Waals surface area contributed by atoms with Gasteiger partial charge >= 0.3 is 6.09 Å². The minimum Gasteiger partial charge on any atom is -0.444 e. The number of benzene rings is 1. The molecule has 0 aromatic heterocycles. The van der Waals surface area contributed by atoms with E-state index in [0.29, 0.717) is 5.56 Å². The maximum Gasteiger partial charge on any atom is 0.408 e. The maximum atomic E-state index is 13.4. The van der Waals surface area contributed by atoms with Crippen LogP contribution in [0, 0.1) is 13.8 Å². The second-order valence-corrected chi connectivity index (χ2v) is 9.41. The van der Waals surface area contributed by atoms with Crippen molar-refractivity contribution in [2.45, 2.75) is 72.2 Å². The molecule has 2 atom stereocenters. The molecular formula is C23H37N3O5S. The summed E-state index contributed by atoms with van der Waals surface area (Å²) < 4.78 is 5.25. The predicted octanol–water partition coefficient (Wildman–Crippen LogP) is 2.51. The highest BCUT2D eigenvalue weighted by Gasteiger charge is 2.36. The number of carbonyl (C=O) groups excluding carboxylic acids is 3. The van der Waals surface area contributed by atoms with Crippen LogP contribution in [-0.4, -0.2) is 64.5 Å². The number of hydrogen-bond donors (Lipinski definition) is 4. The summed E-state index contributed by atoms with van der Waals surface area (Å²) in [5.41, 5.74) is 1.90. The Morgan fingerprint density at radius 3 is 2.22 bits per heavy atom. The van der Waals surface area contributed by atoms with Gasteiger partial charge in [-0.3, -0.25) is 9.59 Å². The molecule has 0 saturated heterocycles. The SMILES string of the molecule is Cc1ccc(C(C(=O)NC(C)C)N(CCO)C(=O)C(CS)NC(=O)OC(C)(C)C)cc1C. The molecule has 9 heteroatoms. The summed E-state index contributed by atoms with van der Waals surface area (Å²) >= 11 is 4.22. The number of alkyl carbamates (subject to hydrolysis) is 1. The number of aliphatic hydroxyl groups excluding tert-OH is 1. The van der Waals surface area contributed by atoms with Gasteiger partial charge in [0.05, 0.1) is 6.61 Å². The summed E-state index contributed by atoms with van der Waals surface area (Å²) in [5.74, 6) is -0.923. The molecule has 2 unspecified atom stereocenters. The number of aliphatic hydroxyl groups is 1. The Morgan fingerprint density at radius 1 is 1.12 bits per heavy atom. The fourth-order valence-electron chi connectivity index (χ4n) is 3.08. The molecule has 0 radical (unpaired) electrons. The first-order valence-electron chi connectivity index (χ1n) is 10.7. The molecule has 3 amide bonds. The number of nitrogens with one attached hydrogen (secondary N) is 2. The van der Waals surface area contributed by atoms with E-state index in [1.54, 1.807) is 26.8 Å². The highest BCUT2D eigenvalue weighted by molar-refractivity contribution is 7.80. The first kappa shape index (κ1) is 27.8. The van der Waals surface area contributed by atoms with E-state index in [1.807, 2.05) is 39.8 Å². The second-order valence-electron chi connectivity index (χ2n) is 9.05. The molecule has 3 N–H and O–H groups in total. The normalized spacial score (nSPS) is 13.3. The number of thiol groups is 1. The van der Waals surface area contributed by atoms with Crippen LogP contribution >= 0.6 is 12.6 Å². The van der Waals surface area contributed by atoms with Crippen LogP contribution in [0.1, 0.15) is 57.4 Å². The Kier molecular flexibility index (Phi) is 10.5. The van der Waals surface area contributed by atoms with E-state index in [0.717, 1.165) is 11.1 Å². The summed E-state index contributed by atoms with van der Waals surface area (Å²) in [6.07, 6.45) is -0.761. The summed E-state index contributed by atoms with van der Waals surface area (Å²) in [6, 6.07) is 3.36. The highest BCUT2D eigenvalue weighted by Crippen LogP contribution is 2.25. The molecule has 0 aliphatic carbocycles. The zero-order valence-corrected chi connectivity index (χ0v) is 21.0. The molecule has 0 heterocycles. The van der Waals surface area contributed by atoms with Gasteiger partial charge in [-0.15, -0.1) is 0 Å². The fraction of sp³-hybridized carbons (Fsp3) is 0.609. The monoisotopic (exact) mass is 467 g/mol. The Morgan fingerprint density at radius 2 is 1.75 bits per heavy atom. The van der Waals surface area contributed by atoms with Crippen LogP contribution in [0.2, 0.25) is 0 Å². The molecule has 0 aliphatic rings. The van der Waals surface area contributed by atoms with Crippen LogP contribution in [0.15, 0.2) is 18.2 Å². The van der Waals surface area contributed by atoms with Gasteiger partial charge in [-0.1, -0.05) is 18.2 Å². The Bertz CT molecular complexity index is 807. The molecule has 1 aromatic rings. The number of hydrogen-bond acceptors (Lipinski definition) is 6. The third-order valence-electron chi connectivity index (χ3n) is 4.63. The average Bonchev–Trinajstić information content (AvgIpc) is 2.66. The van der Waals surface area contributed by atoms with Crippen molar-refractivity contribution in [3.63, 3.8) is 0 Å². The average molecular weight is 468 g/mol. The van der Waals surface area contributed by atoms with Crippen LogP contribution in [0.3, 0.4) is 0 Å². The van der Waals surface area contributed by atoms with E-state index in [1.165, 1.54) is 4.90 Å². The summed E-state index contributed by atoms with van der Waals surface area (Å²) in [5, 5.41) is 15.1. The lowest BCUT2D eigenvalue weighted by atomic mass is 9.98. The second kappa shape index (κ2) is 12.1. The molecular weight excluding hydrogens is 430 g/mol. The first-order chi connectivity index (χ1) is 14.8. The van der Waals surface area contributed by atoms with Gasteiger partial charge in [-0.05, 0) is 65.2 Å². The molecule has 32 heavy (non-hydrogen) atoms. The number of ether oxygens (including phenoxy) is 1. The molecule has 0 spiro atoms. The number of carbonyl (C=O) groups is 3. The van der Waals surface area contributed by atoms with Gasteiger partial charge in [0, 0.05) is 18.3 Å². The molecule has 1 rings (SSSR count). The smallest absolute Gasteiger partial charge is 0.408 e. The van der Waals surface area contributed by atoms with E-state index in [2.05, 4.69) is 23.3 Å². The Hall–Kier alpha value is -2.26. The zero-order valence-electron chi connectivity index (χ0n) is 20.1. The van der Waals surface area contributed by atoms with Gasteiger partial charge in [0.2, 0.25) is 11.8 Å². The van der Waals surface area contributed by atoms with Crippen molar-refractivity contribution in [2.75, 3.05) is 18.9 Å². The Labute approximate surface area is 196 Å². The van der Waals surface area contributed by atoms with Crippen molar-refractivity contribution >= 4 is 30.5 Å². The van der Waals surface area contributed by atoms with Gasteiger partial charge in [-0.25, -0.2) is 4.79 Å². The zero-order chi connectivity index (χ0) is 24.6. The number of amides is 3. The summed E-state index contributed by atoms with van der Waals surface area (Å²) in [6.45, 7) is 12.2. The molecule has 180 valence electrons. The van der Waals surface area contributed by atoms with Crippen LogP contribution in [0.25, 0.3) is 0 Å². The van der Waals surface area contributed by atoms with Crippen LogP contribution < -0.4 is 10.6 Å². The fourth-order valence-corrected chi connectivity index (χ4v) is 3.33. The third-order valence-corrected chi connectivity index (χ3v) is 5.00. The van der Waals surface area contributed by atoms with E-state index in [-0.39, 0.29) is 30.9 Å². The molecule has 0 bridgehead atoms. The number of nitrogens with zero attached hydrogens (tertiary/aromatic N) is 1. The van der Waals surface area contributed by atoms with E-state index in [4.69, 9.17) is 4.74 Å². The first-order valence-corrected chi connectivity index (χ1v) is 11.3. The minimum atomic E-state index is -1.04. The van der Waals surface area contributed by atoms with Crippen molar-refractivity contribution in [3.05, 3.63) is 34.9 Å². The van der Waals surface area contributed by atoms with Crippen LogP contribution in [-0.2, 0) is 14.3 Å². The van der Waals surface area contributed by atoms with Crippen molar-refractivity contribution in [1.82, 2.24) is 15.5 Å². The van der Waals surface area contributed by atoms with Crippen molar-refractivity contribution in [2.24, 2.45) is 0 Å². The lowest BCUT2D eigenvalue weighted by molar-refractivity contribution is -0.142. The van der Waals surface area contributed by atoms with Gasteiger partial charge < -0.3 is 25.4 Å². The predicted molar refractivity (Wildman–Crippen MR) is 128 cm³/mol. The minimum absolute atomic E-state index is 0.00848. The third kappa shape index (κ3) is 8.35. The lowest BCUT2D eigenvalue weighted by Crippen LogP contribution is -2.54. The lowest BCUT2D eigenvalue weighted by Gasteiger charge is -2.34. The summed E-state index contributed by atoms with van der Waals surface area (Å²) in [4.78, 5) is 40.1. The molecule has 8 nitrogen and oxygen atoms in total. The van der Waals surface area contributed by atoms with Crippen molar-refractivity contribution in [1.29, 1.82) is 0 Å². The molecule has 0 fully saturated rings. The van der Waals surface area contributed by atoms with E-state index >= 15 is 0 Å².